The Morgan fingerprint density at radius 3 is 1.66 bits per heavy atom. The summed E-state index contributed by atoms with van der Waals surface area (Å²) in [6.07, 6.45) is 17.5. The zero-order valence-corrected chi connectivity index (χ0v) is 21.6. The van der Waals surface area contributed by atoms with E-state index in [2.05, 4.69) is 51.1 Å². The molecule has 1 aromatic rings. The molecule has 0 N–H and O–H groups in total. The molecule has 0 fully saturated rings. The maximum absolute atomic E-state index is 11.9. The summed E-state index contributed by atoms with van der Waals surface area (Å²) in [4.78, 5) is 11.9. The van der Waals surface area contributed by atoms with Gasteiger partial charge in [0.15, 0.2) is 0 Å². The second-order valence-electron chi connectivity index (χ2n) is 9.46. The monoisotopic (exact) mass is 446 g/mol. The minimum absolute atomic E-state index is 0.00447. The van der Waals surface area contributed by atoms with Crippen LogP contribution in [0.3, 0.4) is 0 Å². The summed E-state index contributed by atoms with van der Waals surface area (Å²) in [6.45, 7) is 11.5. The number of carbonyl (C=O) groups excluding carboxylic acids is 1. The van der Waals surface area contributed by atoms with E-state index < -0.39 is 0 Å². The summed E-state index contributed by atoms with van der Waals surface area (Å²) in [5.74, 6) is -0.00447. The molecule has 0 saturated carbocycles. The predicted octanol–water partition coefficient (Wildman–Crippen LogP) is 7.72. The number of rotatable bonds is 21. The molecule has 0 aliphatic rings. The topological polar surface area (TPSA) is 26.3 Å². The van der Waals surface area contributed by atoms with Crippen LogP contribution < -0.4 is 0 Å². The molecule has 0 aliphatic heterocycles. The molecule has 0 spiro atoms. The minimum atomic E-state index is -0.00447. The number of hydrogen-bond acceptors (Lipinski definition) is 2. The molecular formula is C29H52NO2+. The van der Waals surface area contributed by atoms with Crippen molar-refractivity contribution in [3.8, 4) is 0 Å². The fourth-order valence-corrected chi connectivity index (χ4v) is 4.58. The smallest absolute Gasteiger partial charge is 0.305 e. The highest BCUT2D eigenvalue weighted by molar-refractivity contribution is 5.69. The van der Waals surface area contributed by atoms with E-state index in [-0.39, 0.29) is 5.97 Å². The van der Waals surface area contributed by atoms with Crippen molar-refractivity contribution in [2.24, 2.45) is 0 Å². The Balaban J connectivity index is 1.82. The van der Waals surface area contributed by atoms with Crippen molar-refractivity contribution in [3.63, 3.8) is 0 Å². The van der Waals surface area contributed by atoms with Gasteiger partial charge in [0.25, 0.3) is 0 Å². The van der Waals surface area contributed by atoms with Crippen LogP contribution in [0.2, 0.25) is 0 Å². The van der Waals surface area contributed by atoms with Crippen LogP contribution in [0, 0.1) is 0 Å². The maximum atomic E-state index is 11.9. The Morgan fingerprint density at radius 2 is 1.16 bits per heavy atom. The first-order chi connectivity index (χ1) is 15.7. The highest BCUT2D eigenvalue weighted by atomic mass is 16.5. The maximum Gasteiger partial charge on any atom is 0.305 e. The fourth-order valence-electron chi connectivity index (χ4n) is 4.58. The molecule has 3 nitrogen and oxygen atoms in total. The van der Waals surface area contributed by atoms with Crippen LogP contribution in [0.5, 0.6) is 0 Å². The van der Waals surface area contributed by atoms with Crippen LogP contribution in [0.4, 0.5) is 0 Å². The lowest BCUT2D eigenvalue weighted by molar-refractivity contribution is -0.923. The Labute approximate surface area is 199 Å². The summed E-state index contributed by atoms with van der Waals surface area (Å²) < 4.78 is 6.52. The SMILES string of the molecule is CC[N+](CC)(CC)CCOC(=O)CCCCCCCCCCCCCCc1ccccc1. The minimum Gasteiger partial charge on any atom is -0.460 e. The van der Waals surface area contributed by atoms with Crippen LogP contribution >= 0.6 is 0 Å². The van der Waals surface area contributed by atoms with Crippen molar-refractivity contribution in [2.75, 3.05) is 32.8 Å². The Bertz CT molecular complexity index is 545. The molecule has 32 heavy (non-hydrogen) atoms. The van der Waals surface area contributed by atoms with E-state index in [9.17, 15) is 4.79 Å². The van der Waals surface area contributed by atoms with Gasteiger partial charge in [-0.3, -0.25) is 4.79 Å². The molecule has 0 aromatic heterocycles. The molecule has 0 saturated heterocycles. The first kappa shape index (κ1) is 28.7. The number of esters is 1. The van der Waals surface area contributed by atoms with E-state index in [1.165, 1.54) is 76.2 Å². The van der Waals surface area contributed by atoms with Crippen LogP contribution in [-0.4, -0.2) is 43.2 Å². The van der Waals surface area contributed by atoms with E-state index >= 15 is 0 Å². The number of benzene rings is 1. The third kappa shape index (κ3) is 13.9. The highest BCUT2D eigenvalue weighted by Gasteiger charge is 2.20. The first-order valence-corrected chi connectivity index (χ1v) is 13.7. The molecule has 0 radical (unpaired) electrons. The molecular weight excluding hydrogens is 394 g/mol. The Kier molecular flexibility index (Phi) is 17.2. The van der Waals surface area contributed by atoms with Crippen LogP contribution in [0.15, 0.2) is 30.3 Å². The predicted molar refractivity (Wildman–Crippen MR) is 138 cm³/mol. The second kappa shape index (κ2) is 19.1. The van der Waals surface area contributed by atoms with Gasteiger partial charge in [0, 0.05) is 6.42 Å². The van der Waals surface area contributed by atoms with Crippen molar-refractivity contribution in [3.05, 3.63) is 35.9 Å². The third-order valence-corrected chi connectivity index (χ3v) is 7.28. The average molecular weight is 447 g/mol. The number of unbranched alkanes of at least 4 members (excludes halogenated alkanes) is 11. The average Bonchev–Trinajstić information content (AvgIpc) is 2.83. The lowest BCUT2D eigenvalue weighted by atomic mass is 10.0. The van der Waals surface area contributed by atoms with Crippen LogP contribution in [0.1, 0.15) is 110 Å². The van der Waals surface area contributed by atoms with E-state index in [0.29, 0.717) is 13.0 Å². The van der Waals surface area contributed by atoms with E-state index in [1.807, 2.05) is 0 Å². The molecule has 0 bridgehead atoms. The molecule has 0 aliphatic carbocycles. The van der Waals surface area contributed by atoms with E-state index in [1.54, 1.807) is 0 Å². The van der Waals surface area contributed by atoms with Gasteiger partial charge in [-0.1, -0.05) is 94.5 Å². The molecule has 0 heterocycles. The molecule has 1 aromatic carbocycles. The summed E-state index contributed by atoms with van der Waals surface area (Å²) in [6, 6.07) is 10.9. The van der Waals surface area contributed by atoms with Gasteiger partial charge < -0.3 is 9.22 Å². The molecule has 184 valence electrons. The summed E-state index contributed by atoms with van der Waals surface area (Å²) in [5, 5.41) is 0. The molecule has 0 unspecified atom stereocenters. The van der Waals surface area contributed by atoms with Crippen LogP contribution in [-0.2, 0) is 16.0 Å². The summed E-state index contributed by atoms with van der Waals surface area (Å²) in [7, 11) is 0. The van der Waals surface area contributed by atoms with Crippen molar-refractivity contribution in [1.82, 2.24) is 0 Å². The quantitative estimate of drug-likeness (QED) is 0.110. The number of hydrogen-bond donors (Lipinski definition) is 0. The summed E-state index contributed by atoms with van der Waals surface area (Å²) in [5.41, 5.74) is 1.48. The van der Waals surface area contributed by atoms with Gasteiger partial charge in [0.05, 0.1) is 19.6 Å². The summed E-state index contributed by atoms with van der Waals surface area (Å²) >= 11 is 0. The normalized spacial score (nSPS) is 11.6. The van der Waals surface area contributed by atoms with E-state index in [4.69, 9.17) is 4.74 Å². The van der Waals surface area contributed by atoms with Gasteiger partial charge >= 0.3 is 5.97 Å². The highest BCUT2D eigenvalue weighted by Crippen LogP contribution is 2.14. The van der Waals surface area contributed by atoms with Gasteiger partial charge in [-0.2, -0.15) is 0 Å². The van der Waals surface area contributed by atoms with E-state index in [0.717, 1.165) is 43.5 Å². The van der Waals surface area contributed by atoms with Gasteiger partial charge in [-0.15, -0.1) is 0 Å². The Morgan fingerprint density at radius 1 is 0.688 bits per heavy atom. The van der Waals surface area contributed by atoms with Crippen molar-refractivity contribution >= 4 is 5.97 Å². The zero-order valence-electron chi connectivity index (χ0n) is 21.6. The molecule has 3 heteroatoms. The number of quaternary nitrogens is 1. The third-order valence-electron chi connectivity index (χ3n) is 7.28. The number of carbonyl (C=O) groups is 1. The molecule has 1 rings (SSSR count). The zero-order chi connectivity index (χ0) is 23.3. The van der Waals surface area contributed by atoms with Gasteiger partial charge in [0.1, 0.15) is 13.2 Å². The van der Waals surface area contributed by atoms with Crippen molar-refractivity contribution < 1.29 is 14.0 Å². The first-order valence-electron chi connectivity index (χ1n) is 13.7. The lowest BCUT2D eigenvalue weighted by Gasteiger charge is -2.35. The lowest BCUT2D eigenvalue weighted by Crippen LogP contribution is -2.49. The number of ether oxygens (including phenoxy) is 1. The second-order valence-corrected chi connectivity index (χ2v) is 9.46. The van der Waals surface area contributed by atoms with Crippen molar-refractivity contribution in [1.29, 1.82) is 0 Å². The van der Waals surface area contributed by atoms with Gasteiger partial charge in [0.2, 0.25) is 0 Å². The van der Waals surface area contributed by atoms with Crippen LogP contribution in [0.25, 0.3) is 0 Å². The van der Waals surface area contributed by atoms with Gasteiger partial charge in [-0.25, -0.2) is 0 Å². The number of nitrogens with zero attached hydrogens (tertiary/aromatic N) is 1. The van der Waals surface area contributed by atoms with Gasteiger partial charge in [-0.05, 0) is 45.6 Å². The molecule has 0 atom stereocenters. The fraction of sp³-hybridized carbons (Fsp3) is 0.759. The number of likely N-dealkylation sites (N-methyl/N-ethyl adjacent to an activating group) is 1. The standard InChI is InChI=1S/C29H52NO2/c1-4-30(5-2,6-3)26-27-32-29(31)25-21-16-14-12-10-8-7-9-11-13-15-18-22-28-23-19-17-20-24-28/h17,19-20,23-24H,4-16,18,21-22,25-27H2,1-3H3/q+1. The largest absolute Gasteiger partial charge is 0.460 e. The molecule has 0 amide bonds. The van der Waals surface area contributed by atoms with Crippen molar-refractivity contribution in [2.45, 2.75) is 111 Å². The Hall–Kier alpha value is -1.35. The number of aryl methyl sites for hydroxylation is 1.